The first-order valence-corrected chi connectivity index (χ1v) is 9.03. The number of carbonyl (C=O) groups excluding carboxylic acids is 1. The summed E-state index contributed by atoms with van der Waals surface area (Å²) in [6.07, 6.45) is -2.11. The summed E-state index contributed by atoms with van der Waals surface area (Å²) in [4.78, 5) is 12.2. The van der Waals surface area contributed by atoms with E-state index in [9.17, 15) is 13.6 Å². The molecule has 0 aromatic heterocycles. The Hall–Kier alpha value is -0.260. The standard InChI is InChI=1S/C16H13Cl5F2O2/c1-15(2)7(4-12(20)21)3-9(15)14(24)25-16(22,23)13-10(18)5-8(17)6-11(13)19/h4-7,9H,3H2,1-2H3. The Balaban J connectivity index is 2.20. The second-order valence-electron chi connectivity index (χ2n) is 6.35. The molecule has 0 heterocycles. The zero-order valence-corrected chi connectivity index (χ0v) is 16.8. The fourth-order valence-corrected chi connectivity index (χ4v) is 4.20. The molecule has 0 amide bonds. The maximum absolute atomic E-state index is 14.4. The third-order valence-corrected chi connectivity index (χ3v) is 5.55. The Kier molecular flexibility index (Phi) is 6.23. The molecule has 2 atom stereocenters. The molecular formula is C16H13Cl5F2O2. The molecule has 1 aromatic rings. The van der Waals surface area contributed by atoms with E-state index >= 15 is 0 Å². The van der Waals surface area contributed by atoms with Crippen molar-refractivity contribution in [2.45, 2.75) is 26.4 Å². The van der Waals surface area contributed by atoms with E-state index in [-0.39, 0.29) is 15.4 Å². The van der Waals surface area contributed by atoms with E-state index in [2.05, 4.69) is 4.74 Å². The van der Waals surface area contributed by atoms with Crippen LogP contribution < -0.4 is 0 Å². The van der Waals surface area contributed by atoms with Crippen molar-refractivity contribution in [3.05, 3.63) is 43.3 Å². The molecule has 0 aliphatic heterocycles. The predicted molar refractivity (Wildman–Crippen MR) is 96.6 cm³/mol. The number of allylic oxidation sites excluding steroid dienone is 1. The number of esters is 1. The molecule has 1 fully saturated rings. The zero-order valence-electron chi connectivity index (χ0n) is 13.1. The lowest BCUT2D eigenvalue weighted by Gasteiger charge is -2.49. The van der Waals surface area contributed by atoms with Crippen LogP contribution >= 0.6 is 58.0 Å². The minimum absolute atomic E-state index is 0.0648. The van der Waals surface area contributed by atoms with Gasteiger partial charge in [0.05, 0.1) is 16.0 Å². The largest absolute Gasteiger partial charge is 0.431 e. The maximum atomic E-state index is 14.4. The number of rotatable bonds is 4. The van der Waals surface area contributed by atoms with Crippen LogP contribution in [-0.4, -0.2) is 5.97 Å². The number of alkyl halides is 2. The topological polar surface area (TPSA) is 26.3 Å². The maximum Gasteiger partial charge on any atom is 0.431 e. The van der Waals surface area contributed by atoms with E-state index in [1.165, 1.54) is 0 Å². The van der Waals surface area contributed by atoms with Crippen molar-refractivity contribution in [2.24, 2.45) is 17.3 Å². The Labute approximate surface area is 169 Å². The molecule has 2 rings (SSSR count). The summed E-state index contributed by atoms with van der Waals surface area (Å²) in [5.74, 6) is -1.91. The smallest absolute Gasteiger partial charge is 0.397 e. The van der Waals surface area contributed by atoms with Crippen LogP contribution in [0.1, 0.15) is 25.8 Å². The highest BCUT2D eigenvalue weighted by molar-refractivity contribution is 6.55. The first kappa shape index (κ1) is 21.0. The first-order chi connectivity index (χ1) is 11.4. The van der Waals surface area contributed by atoms with Gasteiger partial charge < -0.3 is 4.74 Å². The van der Waals surface area contributed by atoms with Crippen LogP contribution in [0.15, 0.2) is 22.7 Å². The summed E-state index contributed by atoms with van der Waals surface area (Å²) in [6.45, 7) is 3.50. The molecule has 2 unspecified atom stereocenters. The third kappa shape index (κ3) is 4.36. The number of halogens is 7. The van der Waals surface area contributed by atoms with E-state index in [4.69, 9.17) is 58.0 Å². The van der Waals surface area contributed by atoms with E-state index < -0.39 is 39.0 Å². The van der Waals surface area contributed by atoms with Crippen molar-refractivity contribution in [2.75, 3.05) is 0 Å². The van der Waals surface area contributed by atoms with Crippen LogP contribution in [0, 0.1) is 17.3 Å². The van der Waals surface area contributed by atoms with Gasteiger partial charge in [-0.3, -0.25) is 4.79 Å². The number of benzene rings is 1. The highest BCUT2D eigenvalue weighted by Crippen LogP contribution is 2.54. The van der Waals surface area contributed by atoms with Crippen molar-refractivity contribution in [1.29, 1.82) is 0 Å². The summed E-state index contributed by atoms with van der Waals surface area (Å²) < 4.78 is 33.4. The Bertz CT molecular complexity index is 706. The van der Waals surface area contributed by atoms with Gasteiger partial charge >= 0.3 is 12.1 Å². The van der Waals surface area contributed by atoms with Crippen molar-refractivity contribution in [3.63, 3.8) is 0 Å². The molecule has 1 saturated carbocycles. The van der Waals surface area contributed by atoms with Crippen LogP contribution in [-0.2, 0) is 15.6 Å². The zero-order chi connectivity index (χ0) is 19.2. The molecule has 138 valence electrons. The normalized spacial score (nSPS) is 22.1. The number of hydrogen-bond acceptors (Lipinski definition) is 2. The summed E-state index contributed by atoms with van der Waals surface area (Å²) >= 11 is 28.5. The monoisotopic (exact) mass is 450 g/mol. The lowest BCUT2D eigenvalue weighted by molar-refractivity contribution is -0.251. The Morgan fingerprint density at radius 2 is 1.76 bits per heavy atom. The summed E-state index contributed by atoms with van der Waals surface area (Å²) in [7, 11) is 0. The van der Waals surface area contributed by atoms with Gasteiger partial charge in [-0.05, 0) is 29.9 Å². The van der Waals surface area contributed by atoms with Gasteiger partial charge in [-0.2, -0.15) is 8.78 Å². The average molecular weight is 453 g/mol. The van der Waals surface area contributed by atoms with Crippen molar-refractivity contribution in [3.8, 4) is 0 Å². The van der Waals surface area contributed by atoms with Gasteiger partial charge in [-0.15, -0.1) is 0 Å². The molecule has 0 saturated heterocycles. The van der Waals surface area contributed by atoms with Crippen LogP contribution in [0.4, 0.5) is 8.78 Å². The molecule has 25 heavy (non-hydrogen) atoms. The van der Waals surface area contributed by atoms with Crippen LogP contribution in [0.2, 0.25) is 15.1 Å². The Morgan fingerprint density at radius 3 is 2.20 bits per heavy atom. The highest BCUT2D eigenvalue weighted by atomic mass is 35.5. The summed E-state index contributed by atoms with van der Waals surface area (Å²) in [5, 5.41) is -0.690. The fraction of sp³-hybridized carbons (Fsp3) is 0.438. The molecule has 0 bridgehead atoms. The minimum Gasteiger partial charge on any atom is -0.397 e. The van der Waals surface area contributed by atoms with E-state index in [0.29, 0.717) is 6.42 Å². The minimum atomic E-state index is -3.99. The molecule has 1 aliphatic rings. The molecule has 0 N–H and O–H groups in total. The molecule has 2 nitrogen and oxygen atoms in total. The fourth-order valence-electron chi connectivity index (χ4n) is 2.86. The summed E-state index contributed by atoms with van der Waals surface area (Å²) in [5.41, 5.74) is -1.43. The highest BCUT2D eigenvalue weighted by Gasteiger charge is 2.54. The summed E-state index contributed by atoms with van der Waals surface area (Å²) in [6, 6.07) is 2.20. The quantitative estimate of drug-likeness (QED) is 0.451. The molecule has 0 spiro atoms. The van der Waals surface area contributed by atoms with E-state index in [0.717, 1.165) is 12.1 Å². The van der Waals surface area contributed by atoms with Gasteiger partial charge in [0, 0.05) is 5.02 Å². The van der Waals surface area contributed by atoms with Gasteiger partial charge in [0.2, 0.25) is 0 Å². The second kappa shape index (κ2) is 7.40. The number of ether oxygens (including phenoxy) is 1. The molecule has 0 radical (unpaired) electrons. The van der Waals surface area contributed by atoms with Crippen LogP contribution in [0.3, 0.4) is 0 Å². The predicted octanol–water partition coefficient (Wildman–Crippen LogP) is 7.22. The van der Waals surface area contributed by atoms with Crippen LogP contribution in [0.25, 0.3) is 0 Å². The van der Waals surface area contributed by atoms with Gasteiger partial charge in [0.25, 0.3) is 0 Å². The van der Waals surface area contributed by atoms with Gasteiger partial charge in [0.1, 0.15) is 10.1 Å². The van der Waals surface area contributed by atoms with Gasteiger partial charge in [0.15, 0.2) is 0 Å². The average Bonchev–Trinajstić information content (AvgIpc) is 2.40. The van der Waals surface area contributed by atoms with E-state index in [1.807, 2.05) is 0 Å². The lowest BCUT2D eigenvalue weighted by Crippen LogP contribution is -2.49. The third-order valence-electron chi connectivity index (χ3n) is 4.48. The lowest BCUT2D eigenvalue weighted by atomic mass is 9.55. The van der Waals surface area contributed by atoms with Gasteiger partial charge in [-0.25, -0.2) is 0 Å². The number of carbonyl (C=O) groups is 1. The van der Waals surface area contributed by atoms with Crippen molar-refractivity contribution in [1.82, 2.24) is 0 Å². The van der Waals surface area contributed by atoms with Crippen molar-refractivity contribution < 1.29 is 18.3 Å². The number of hydrogen-bond donors (Lipinski definition) is 0. The SMILES string of the molecule is CC1(C)C(C=C(Cl)Cl)CC1C(=O)OC(F)(F)c1c(Cl)cc(Cl)cc1Cl. The van der Waals surface area contributed by atoms with Crippen LogP contribution in [0.5, 0.6) is 0 Å². The van der Waals surface area contributed by atoms with Gasteiger partial charge in [-0.1, -0.05) is 77.9 Å². The van der Waals surface area contributed by atoms with E-state index in [1.54, 1.807) is 19.9 Å². The Morgan fingerprint density at radius 1 is 1.24 bits per heavy atom. The molecule has 1 aliphatic carbocycles. The molecular weight excluding hydrogens is 439 g/mol. The molecule has 9 heteroatoms. The molecule has 1 aromatic carbocycles. The van der Waals surface area contributed by atoms with Crippen molar-refractivity contribution >= 4 is 64.0 Å². The first-order valence-electron chi connectivity index (χ1n) is 7.14. The second-order valence-corrected chi connectivity index (χ2v) is 8.61.